The van der Waals surface area contributed by atoms with Gasteiger partial charge in [0.1, 0.15) is 0 Å². The number of hydrogen-bond acceptors (Lipinski definition) is 5. The van der Waals surface area contributed by atoms with E-state index in [9.17, 15) is 4.79 Å². The van der Waals surface area contributed by atoms with Crippen LogP contribution in [0.3, 0.4) is 0 Å². The monoisotopic (exact) mass is 424 g/mol. The highest BCUT2D eigenvalue weighted by molar-refractivity contribution is 6.30. The molecule has 1 amide bonds. The third kappa shape index (κ3) is 4.89. The number of carbonyl (C=O) groups excluding carboxylic acids is 1. The number of benzene rings is 2. The standard InChI is InChI=1S/C23H25ClN4O2/c1-16-10-13-28(14-11-16)15-12-25-22(29)19-4-2-3-5-20(19)23-26-21(27-30-23)17-6-8-18(24)9-7-17/h2-9,16H,10-15H2,1H3,(H,25,29). The lowest BCUT2D eigenvalue weighted by Gasteiger charge is -2.30. The molecule has 0 radical (unpaired) electrons. The molecule has 1 aliphatic heterocycles. The second-order valence-corrected chi connectivity index (χ2v) is 8.19. The first-order valence-electron chi connectivity index (χ1n) is 10.3. The van der Waals surface area contributed by atoms with Crippen molar-refractivity contribution >= 4 is 17.5 Å². The van der Waals surface area contributed by atoms with E-state index < -0.39 is 0 Å². The molecule has 1 N–H and O–H groups in total. The Morgan fingerprint density at radius 2 is 1.90 bits per heavy atom. The Labute approximate surface area is 181 Å². The molecule has 1 aliphatic rings. The van der Waals surface area contributed by atoms with Gasteiger partial charge in [-0.15, -0.1) is 0 Å². The number of aromatic nitrogens is 2. The number of rotatable bonds is 6. The zero-order chi connectivity index (χ0) is 20.9. The number of piperidine rings is 1. The van der Waals surface area contributed by atoms with Crippen molar-refractivity contribution < 1.29 is 9.32 Å². The molecule has 0 unspecified atom stereocenters. The molecule has 6 nitrogen and oxygen atoms in total. The van der Waals surface area contributed by atoms with Gasteiger partial charge in [0.2, 0.25) is 5.82 Å². The van der Waals surface area contributed by atoms with E-state index in [-0.39, 0.29) is 5.91 Å². The van der Waals surface area contributed by atoms with E-state index in [0.29, 0.717) is 34.4 Å². The normalized spacial score (nSPS) is 15.3. The van der Waals surface area contributed by atoms with Crippen molar-refractivity contribution in [1.82, 2.24) is 20.4 Å². The van der Waals surface area contributed by atoms with E-state index in [2.05, 4.69) is 27.3 Å². The SMILES string of the molecule is CC1CCN(CCNC(=O)c2ccccc2-c2nc(-c3ccc(Cl)cc3)no2)CC1. The minimum Gasteiger partial charge on any atom is -0.351 e. The van der Waals surface area contributed by atoms with E-state index in [0.717, 1.165) is 31.1 Å². The number of halogens is 1. The van der Waals surface area contributed by atoms with Crippen LogP contribution in [0.25, 0.3) is 22.8 Å². The first-order chi connectivity index (χ1) is 14.6. The summed E-state index contributed by atoms with van der Waals surface area (Å²) in [5, 5.41) is 7.72. The molecule has 1 fully saturated rings. The Hall–Kier alpha value is -2.70. The van der Waals surface area contributed by atoms with Crippen molar-refractivity contribution in [2.24, 2.45) is 5.92 Å². The number of nitrogens with one attached hydrogen (secondary N) is 1. The zero-order valence-corrected chi connectivity index (χ0v) is 17.7. The third-order valence-corrected chi connectivity index (χ3v) is 5.77. The average molecular weight is 425 g/mol. The van der Waals surface area contributed by atoms with Gasteiger partial charge in [-0.1, -0.05) is 35.8 Å². The number of nitrogens with zero attached hydrogens (tertiary/aromatic N) is 3. The largest absolute Gasteiger partial charge is 0.351 e. The summed E-state index contributed by atoms with van der Waals surface area (Å²) in [6, 6.07) is 14.5. The summed E-state index contributed by atoms with van der Waals surface area (Å²) in [5.74, 6) is 1.43. The summed E-state index contributed by atoms with van der Waals surface area (Å²) in [7, 11) is 0. The first-order valence-corrected chi connectivity index (χ1v) is 10.7. The molecule has 0 aliphatic carbocycles. The highest BCUT2D eigenvalue weighted by atomic mass is 35.5. The topological polar surface area (TPSA) is 71.3 Å². The van der Waals surface area contributed by atoms with E-state index >= 15 is 0 Å². The average Bonchev–Trinajstić information content (AvgIpc) is 3.26. The van der Waals surface area contributed by atoms with Crippen molar-refractivity contribution in [2.45, 2.75) is 19.8 Å². The highest BCUT2D eigenvalue weighted by Crippen LogP contribution is 2.26. The maximum atomic E-state index is 12.8. The van der Waals surface area contributed by atoms with Crippen molar-refractivity contribution in [2.75, 3.05) is 26.2 Å². The number of likely N-dealkylation sites (tertiary alicyclic amines) is 1. The number of hydrogen-bond donors (Lipinski definition) is 1. The van der Waals surface area contributed by atoms with Crippen LogP contribution in [-0.4, -0.2) is 47.1 Å². The molecule has 1 aromatic heterocycles. The van der Waals surface area contributed by atoms with Gasteiger partial charge in [0.15, 0.2) is 0 Å². The fourth-order valence-corrected chi connectivity index (χ4v) is 3.75. The molecule has 2 heterocycles. The van der Waals surface area contributed by atoms with Crippen LogP contribution < -0.4 is 5.32 Å². The quantitative estimate of drug-likeness (QED) is 0.630. The Morgan fingerprint density at radius 1 is 1.17 bits per heavy atom. The molecule has 3 aromatic rings. The minimum absolute atomic E-state index is 0.137. The van der Waals surface area contributed by atoms with Gasteiger partial charge in [-0.3, -0.25) is 4.79 Å². The van der Waals surface area contributed by atoms with Crippen LogP contribution >= 0.6 is 11.6 Å². The van der Waals surface area contributed by atoms with Gasteiger partial charge < -0.3 is 14.7 Å². The number of carbonyl (C=O) groups is 1. The molecule has 4 rings (SSSR count). The van der Waals surface area contributed by atoms with E-state index in [1.54, 1.807) is 18.2 Å². The molecule has 156 valence electrons. The van der Waals surface area contributed by atoms with E-state index in [1.165, 1.54) is 12.8 Å². The van der Waals surface area contributed by atoms with Gasteiger partial charge in [-0.2, -0.15) is 4.98 Å². The summed E-state index contributed by atoms with van der Waals surface area (Å²) in [5.41, 5.74) is 1.94. The molecule has 0 saturated carbocycles. The molecule has 0 spiro atoms. The third-order valence-electron chi connectivity index (χ3n) is 5.52. The molecule has 1 saturated heterocycles. The molecular formula is C23H25ClN4O2. The summed E-state index contributed by atoms with van der Waals surface area (Å²) >= 11 is 5.94. The maximum absolute atomic E-state index is 12.8. The maximum Gasteiger partial charge on any atom is 0.259 e. The molecule has 2 aromatic carbocycles. The van der Waals surface area contributed by atoms with Crippen LogP contribution in [0.2, 0.25) is 5.02 Å². The highest BCUT2D eigenvalue weighted by Gasteiger charge is 2.19. The van der Waals surface area contributed by atoms with Crippen molar-refractivity contribution in [3.8, 4) is 22.8 Å². The summed E-state index contributed by atoms with van der Waals surface area (Å²) in [4.78, 5) is 19.7. The van der Waals surface area contributed by atoms with Gasteiger partial charge in [-0.25, -0.2) is 0 Å². The summed E-state index contributed by atoms with van der Waals surface area (Å²) < 4.78 is 5.45. The van der Waals surface area contributed by atoms with E-state index in [4.69, 9.17) is 16.1 Å². The van der Waals surface area contributed by atoms with Crippen LogP contribution in [0.15, 0.2) is 53.1 Å². The van der Waals surface area contributed by atoms with Gasteiger partial charge in [-0.05, 0) is 68.2 Å². The van der Waals surface area contributed by atoms with Crippen molar-refractivity contribution in [3.63, 3.8) is 0 Å². The van der Waals surface area contributed by atoms with Gasteiger partial charge in [0.25, 0.3) is 11.8 Å². The zero-order valence-electron chi connectivity index (χ0n) is 17.0. The molecule has 0 atom stereocenters. The smallest absolute Gasteiger partial charge is 0.259 e. The Bertz CT molecular complexity index is 994. The predicted molar refractivity (Wildman–Crippen MR) is 117 cm³/mol. The Kier molecular flexibility index (Phi) is 6.45. The molecule has 30 heavy (non-hydrogen) atoms. The first kappa shape index (κ1) is 20.6. The summed E-state index contributed by atoms with van der Waals surface area (Å²) in [6.07, 6.45) is 2.45. The fraction of sp³-hybridized carbons (Fsp3) is 0.348. The second-order valence-electron chi connectivity index (χ2n) is 7.76. The van der Waals surface area contributed by atoms with Gasteiger partial charge in [0.05, 0.1) is 11.1 Å². The second kappa shape index (κ2) is 9.41. The molecular weight excluding hydrogens is 400 g/mol. The van der Waals surface area contributed by atoms with Gasteiger partial charge in [0, 0.05) is 23.7 Å². The Balaban J connectivity index is 1.43. The van der Waals surface area contributed by atoms with E-state index in [1.807, 2.05) is 30.3 Å². The van der Waals surface area contributed by atoms with Crippen LogP contribution in [0.1, 0.15) is 30.1 Å². The van der Waals surface area contributed by atoms with Crippen LogP contribution in [0, 0.1) is 5.92 Å². The summed E-state index contributed by atoms with van der Waals surface area (Å²) in [6.45, 7) is 5.97. The Morgan fingerprint density at radius 3 is 2.67 bits per heavy atom. The lowest BCUT2D eigenvalue weighted by atomic mass is 9.99. The number of amides is 1. The van der Waals surface area contributed by atoms with Crippen LogP contribution in [0.4, 0.5) is 0 Å². The minimum atomic E-state index is -0.137. The van der Waals surface area contributed by atoms with Gasteiger partial charge >= 0.3 is 0 Å². The van der Waals surface area contributed by atoms with Crippen LogP contribution in [-0.2, 0) is 0 Å². The molecule has 7 heteroatoms. The predicted octanol–water partition coefficient (Wildman–Crippen LogP) is 4.52. The lowest BCUT2D eigenvalue weighted by molar-refractivity contribution is 0.0945. The molecule has 0 bridgehead atoms. The van der Waals surface area contributed by atoms with Crippen molar-refractivity contribution in [3.05, 3.63) is 59.1 Å². The van der Waals surface area contributed by atoms with Crippen LogP contribution in [0.5, 0.6) is 0 Å². The lowest BCUT2D eigenvalue weighted by Crippen LogP contribution is -2.39. The van der Waals surface area contributed by atoms with Crippen molar-refractivity contribution in [1.29, 1.82) is 0 Å². The fourth-order valence-electron chi connectivity index (χ4n) is 3.63.